The number of fused-ring (bicyclic) bond motifs is 2. The van der Waals surface area contributed by atoms with Gasteiger partial charge in [0.1, 0.15) is 16.7 Å². The number of pyridine rings is 1. The van der Waals surface area contributed by atoms with Crippen LogP contribution >= 0.6 is 0 Å². The first-order valence-corrected chi connectivity index (χ1v) is 11.1. The normalized spacial score (nSPS) is 19.8. The van der Waals surface area contributed by atoms with Crippen LogP contribution in [0.3, 0.4) is 0 Å². The Bertz CT molecular complexity index is 1320. The number of rotatable bonds is 3. The van der Waals surface area contributed by atoms with Gasteiger partial charge in [0.2, 0.25) is 0 Å². The molecule has 2 aliphatic rings. The van der Waals surface area contributed by atoms with E-state index in [9.17, 15) is 9.59 Å². The largest absolute Gasteiger partial charge is 0.338 e. The summed E-state index contributed by atoms with van der Waals surface area (Å²) in [6, 6.07) is 19.1. The van der Waals surface area contributed by atoms with Crippen molar-refractivity contribution in [2.75, 3.05) is 26.2 Å². The summed E-state index contributed by atoms with van der Waals surface area (Å²) in [5, 5.41) is 10.7. The molecule has 2 aromatic carbocycles. The Morgan fingerprint density at radius 3 is 2.15 bits per heavy atom. The molecule has 2 aliphatic heterocycles. The fourth-order valence-corrected chi connectivity index (χ4v) is 4.96. The fraction of sp³-hybridized carbons (Fsp3) is 0.240. The number of hydrogen-bond donors (Lipinski definition) is 1. The summed E-state index contributed by atoms with van der Waals surface area (Å²) in [7, 11) is 0. The Kier molecular flexibility index (Phi) is 4.64. The predicted molar refractivity (Wildman–Crippen MR) is 122 cm³/mol. The molecular formula is C25H22N6O2. The van der Waals surface area contributed by atoms with Gasteiger partial charge in [-0.3, -0.25) is 14.6 Å². The molecule has 2 saturated heterocycles. The standard InChI is InChI=1S/C25H22N6O2/c32-24(17-6-8-21-23(10-17)28-29-27-21)30-12-19-14-31(15-20(19)13-30)25(33)22-9-7-18(11-26-22)16-4-2-1-3-5-16/h1-11,19-20H,12-15H2,(H,27,28,29)/t19-,20-/m0/s1. The van der Waals surface area contributed by atoms with Gasteiger partial charge in [0.25, 0.3) is 11.8 Å². The molecule has 0 bridgehead atoms. The van der Waals surface area contributed by atoms with E-state index in [1.54, 1.807) is 30.5 Å². The van der Waals surface area contributed by atoms with E-state index in [0.717, 1.165) is 16.6 Å². The lowest BCUT2D eigenvalue weighted by Crippen LogP contribution is -2.35. The van der Waals surface area contributed by atoms with Crippen molar-refractivity contribution in [3.8, 4) is 11.1 Å². The quantitative estimate of drug-likeness (QED) is 0.531. The van der Waals surface area contributed by atoms with E-state index < -0.39 is 0 Å². The van der Waals surface area contributed by atoms with Crippen molar-refractivity contribution in [3.63, 3.8) is 0 Å². The van der Waals surface area contributed by atoms with Gasteiger partial charge in [0.05, 0.1) is 0 Å². The number of benzene rings is 2. The molecule has 8 nitrogen and oxygen atoms in total. The van der Waals surface area contributed by atoms with Gasteiger partial charge in [0, 0.05) is 55.3 Å². The zero-order valence-corrected chi connectivity index (χ0v) is 17.9. The van der Waals surface area contributed by atoms with Crippen molar-refractivity contribution in [2.45, 2.75) is 0 Å². The van der Waals surface area contributed by atoms with Crippen molar-refractivity contribution in [3.05, 3.63) is 78.1 Å². The molecule has 2 aromatic heterocycles. The summed E-state index contributed by atoms with van der Waals surface area (Å²) in [5.74, 6) is 0.540. The second-order valence-electron chi connectivity index (χ2n) is 8.77. The number of H-pyrrole nitrogens is 1. The van der Waals surface area contributed by atoms with Gasteiger partial charge in [-0.25, -0.2) is 0 Å². The first kappa shape index (κ1) is 19.6. The van der Waals surface area contributed by atoms with E-state index in [2.05, 4.69) is 20.4 Å². The molecule has 4 aromatic rings. The number of hydrogen-bond acceptors (Lipinski definition) is 5. The van der Waals surface area contributed by atoms with E-state index in [-0.39, 0.29) is 23.7 Å². The molecule has 0 unspecified atom stereocenters. The van der Waals surface area contributed by atoms with Gasteiger partial charge >= 0.3 is 0 Å². The van der Waals surface area contributed by atoms with Crippen LogP contribution in [0.2, 0.25) is 0 Å². The van der Waals surface area contributed by atoms with Crippen molar-refractivity contribution in [2.24, 2.45) is 11.8 Å². The summed E-state index contributed by atoms with van der Waals surface area (Å²) >= 11 is 0. The van der Waals surface area contributed by atoms with Crippen LogP contribution in [0.4, 0.5) is 0 Å². The van der Waals surface area contributed by atoms with Crippen LogP contribution in [0, 0.1) is 11.8 Å². The summed E-state index contributed by atoms with van der Waals surface area (Å²) in [6.07, 6.45) is 1.76. The average Bonchev–Trinajstić information content (AvgIpc) is 3.58. The third-order valence-electron chi connectivity index (χ3n) is 6.71. The highest BCUT2D eigenvalue weighted by molar-refractivity contribution is 5.97. The van der Waals surface area contributed by atoms with Crippen molar-refractivity contribution < 1.29 is 9.59 Å². The lowest BCUT2D eigenvalue weighted by molar-refractivity contribution is 0.0735. The van der Waals surface area contributed by atoms with Gasteiger partial charge in [-0.2, -0.15) is 15.4 Å². The summed E-state index contributed by atoms with van der Waals surface area (Å²) in [6.45, 7) is 2.62. The minimum atomic E-state index is -0.0432. The lowest BCUT2D eigenvalue weighted by atomic mass is 10.0. The van der Waals surface area contributed by atoms with Crippen LogP contribution in [0.25, 0.3) is 22.2 Å². The molecule has 0 radical (unpaired) electrons. The number of aromatic nitrogens is 4. The van der Waals surface area contributed by atoms with Gasteiger partial charge in [0.15, 0.2) is 0 Å². The molecule has 1 N–H and O–H groups in total. The monoisotopic (exact) mass is 438 g/mol. The van der Waals surface area contributed by atoms with Crippen LogP contribution in [0.5, 0.6) is 0 Å². The van der Waals surface area contributed by atoms with Gasteiger partial charge < -0.3 is 9.80 Å². The first-order chi connectivity index (χ1) is 16.2. The number of nitrogens with zero attached hydrogens (tertiary/aromatic N) is 5. The van der Waals surface area contributed by atoms with Crippen LogP contribution in [-0.2, 0) is 0 Å². The maximum absolute atomic E-state index is 13.0. The Hall–Kier alpha value is -4.07. The Morgan fingerprint density at radius 1 is 0.758 bits per heavy atom. The fourth-order valence-electron chi connectivity index (χ4n) is 4.96. The first-order valence-electron chi connectivity index (χ1n) is 11.1. The van der Waals surface area contributed by atoms with Crippen molar-refractivity contribution in [1.29, 1.82) is 0 Å². The molecular weight excluding hydrogens is 416 g/mol. The molecule has 0 spiro atoms. The number of aromatic amines is 1. The molecule has 4 heterocycles. The molecule has 2 atom stereocenters. The zero-order chi connectivity index (χ0) is 22.4. The van der Waals surface area contributed by atoms with Crippen molar-refractivity contribution >= 4 is 22.8 Å². The molecule has 2 fully saturated rings. The number of amides is 2. The predicted octanol–water partition coefficient (Wildman–Crippen LogP) is 2.86. The Labute approximate surface area is 190 Å². The number of carbonyl (C=O) groups is 2. The molecule has 33 heavy (non-hydrogen) atoms. The summed E-state index contributed by atoms with van der Waals surface area (Å²) in [5.41, 5.74) is 4.57. The Morgan fingerprint density at radius 2 is 1.45 bits per heavy atom. The second kappa shape index (κ2) is 7.81. The molecule has 0 saturated carbocycles. The number of carbonyl (C=O) groups excluding carboxylic acids is 2. The minimum absolute atomic E-state index is 0.00495. The third-order valence-corrected chi connectivity index (χ3v) is 6.71. The van der Waals surface area contributed by atoms with E-state index in [4.69, 9.17) is 0 Å². The zero-order valence-electron chi connectivity index (χ0n) is 17.9. The molecule has 164 valence electrons. The summed E-state index contributed by atoms with van der Waals surface area (Å²) in [4.78, 5) is 34.2. The second-order valence-corrected chi connectivity index (χ2v) is 8.77. The highest BCUT2D eigenvalue weighted by Gasteiger charge is 2.43. The van der Waals surface area contributed by atoms with E-state index in [1.807, 2.05) is 46.2 Å². The van der Waals surface area contributed by atoms with Crippen molar-refractivity contribution in [1.82, 2.24) is 30.2 Å². The van der Waals surface area contributed by atoms with Crippen LogP contribution in [-0.4, -0.2) is 68.2 Å². The minimum Gasteiger partial charge on any atom is -0.338 e. The molecule has 2 amide bonds. The number of likely N-dealkylation sites (tertiary alicyclic amines) is 2. The lowest BCUT2D eigenvalue weighted by Gasteiger charge is -2.22. The van der Waals surface area contributed by atoms with Crippen LogP contribution < -0.4 is 0 Å². The van der Waals surface area contributed by atoms with Gasteiger partial charge in [-0.1, -0.05) is 36.4 Å². The molecule has 0 aliphatic carbocycles. The van der Waals surface area contributed by atoms with E-state index in [1.165, 1.54) is 0 Å². The van der Waals surface area contributed by atoms with Crippen LogP contribution in [0.1, 0.15) is 20.8 Å². The topological polar surface area (TPSA) is 95.1 Å². The van der Waals surface area contributed by atoms with E-state index in [0.29, 0.717) is 43.0 Å². The van der Waals surface area contributed by atoms with Gasteiger partial charge in [-0.15, -0.1) is 0 Å². The SMILES string of the molecule is O=C(c1ccc2n[nH]nc2c1)N1C[C@H]2CN(C(=O)c3ccc(-c4ccccc4)cn3)C[C@@H]2C1. The molecule has 8 heteroatoms. The molecule has 6 rings (SSSR count). The number of nitrogens with one attached hydrogen (secondary N) is 1. The highest BCUT2D eigenvalue weighted by atomic mass is 16.2. The maximum Gasteiger partial charge on any atom is 0.272 e. The Balaban J connectivity index is 1.10. The smallest absolute Gasteiger partial charge is 0.272 e. The average molecular weight is 438 g/mol. The summed E-state index contributed by atoms with van der Waals surface area (Å²) < 4.78 is 0. The van der Waals surface area contributed by atoms with Crippen LogP contribution in [0.15, 0.2) is 66.9 Å². The van der Waals surface area contributed by atoms with E-state index >= 15 is 0 Å². The van der Waals surface area contributed by atoms with Gasteiger partial charge in [-0.05, 0) is 29.8 Å². The third kappa shape index (κ3) is 3.53. The highest BCUT2D eigenvalue weighted by Crippen LogP contribution is 2.33. The maximum atomic E-state index is 13.0.